The van der Waals surface area contributed by atoms with Crippen LogP contribution in [0.2, 0.25) is 0 Å². The summed E-state index contributed by atoms with van der Waals surface area (Å²) < 4.78 is 0. The number of hydrogen-bond donors (Lipinski definition) is 3. The Hall–Kier alpha value is -2.85. The zero-order chi connectivity index (χ0) is 17.6. The van der Waals surface area contributed by atoms with Gasteiger partial charge in [0.25, 0.3) is 0 Å². The third kappa shape index (κ3) is 3.98. The summed E-state index contributed by atoms with van der Waals surface area (Å²) in [6.45, 7) is 0.191. The maximum absolute atomic E-state index is 11.0. The zero-order valence-corrected chi connectivity index (χ0v) is 13.8. The van der Waals surface area contributed by atoms with Gasteiger partial charge in [-0.1, -0.05) is 72.8 Å². The molecule has 0 spiro atoms. The smallest absolute Gasteiger partial charge is 0.404 e. The highest BCUT2D eigenvalue weighted by Crippen LogP contribution is 2.33. The third-order valence-corrected chi connectivity index (χ3v) is 4.58. The fourth-order valence-corrected chi connectivity index (χ4v) is 3.29. The predicted octanol–water partition coefficient (Wildman–Crippen LogP) is 3.97. The maximum atomic E-state index is 11.0. The lowest BCUT2D eigenvalue weighted by Crippen LogP contribution is -2.30. The van der Waals surface area contributed by atoms with Crippen LogP contribution in [0.3, 0.4) is 0 Å². The fourth-order valence-electron chi connectivity index (χ4n) is 3.29. The van der Waals surface area contributed by atoms with Gasteiger partial charge < -0.3 is 15.5 Å². The zero-order valence-electron chi connectivity index (χ0n) is 13.8. The highest BCUT2D eigenvalue weighted by molar-refractivity contribution is 5.83. The first-order valence-corrected chi connectivity index (χ1v) is 8.30. The monoisotopic (exact) mass is 335 g/mol. The molecule has 0 fully saturated rings. The first-order chi connectivity index (χ1) is 12.2. The molecule has 25 heavy (non-hydrogen) atoms. The molecule has 3 N–H and O–H groups in total. The van der Waals surface area contributed by atoms with E-state index in [2.05, 4.69) is 11.4 Å². The van der Waals surface area contributed by atoms with E-state index >= 15 is 0 Å². The SMILES string of the molecule is O=C(O)NCC(c1ccc2ccccc2c1)[C@H](CO)c1ccccc1. The second kappa shape index (κ2) is 7.81. The Kier molecular flexibility index (Phi) is 5.31. The van der Waals surface area contributed by atoms with Crippen LogP contribution in [0.4, 0.5) is 4.79 Å². The Morgan fingerprint density at radius 1 is 0.840 bits per heavy atom. The molecule has 128 valence electrons. The molecule has 3 aromatic carbocycles. The summed E-state index contributed by atoms with van der Waals surface area (Å²) in [6.07, 6.45) is -1.06. The minimum Gasteiger partial charge on any atom is -0.465 e. The van der Waals surface area contributed by atoms with Crippen molar-refractivity contribution in [3.63, 3.8) is 0 Å². The Morgan fingerprint density at radius 3 is 2.20 bits per heavy atom. The summed E-state index contributed by atoms with van der Waals surface area (Å²) in [6, 6.07) is 23.9. The minimum atomic E-state index is -1.06. The van der Waals surface area contributed by atoms with E-state index in [4.69, 9.17) is 5.11 Å². The lowest BCUT2D eigenvalue weighted by molar-refractivity contribution is 0.191. The second-order valence-electron chi connectivity index (χ2n) is 6.10. The highest BCUT2D eigenvalue weighted by atomic mass is 16.4. The number of fused-ring (bicyclic) bond motifs is 1. The van der Waals surface area contributed by atoms with Gasteiger partial charge in [0.15, 0.2) is 0 Å². The van der Waals surface area contributed by atoms with Crippen LogP contribution in [0, 0.1) is 0 Å². The summed E-state index contributed by atoms with van der Waals surface area (Å²) in [7, 11) is 0. The topological polar surface area (TPSA) is 69.6 Å². The van der Waals surface area contributed by atoms with E-state index in [0.29, 0.717) is 0 Å². The lowest BCUT2D eigenvalue weighted by atomic mass is 9.81. The predicted molar refractivity (Wildman–Crippen MR) is 99.0 cm³/mol. The number of carboxylic acid groups (broad SMARTS) is 1. The van der Waals surface area contributed by atoms with E-state index < -0.39 is 6.09 Å². The molecule has 0 saturated carbocycles. The van der Waals surface area contributed by atoms with E-state index in [9.17, 15) is 9.90 Å². The van der Waals surface area contributed by atoms with Gasteiger partial charge in [0.1, 0.15) is 0 Å². The van der Waals surface area contributed by atoms with Crippen molar-refractivity contribution in [1.29, 1.82) is 0 Å². The quantitative estimate of drug-likeness (QED) is 0.638. The van der Waals surface area contributed by atoms with Crippen LogP contribution >= 0.6 is 0 Å². The molecule has 2 atom stereocenters. The van der Waals surface area contributed by atoms with Gasteiger partial charge in [-0.25, -0.2) is 4.79 Å². The van der Waals surface area contributed by atoms with Crippen LogP contribution in [0.5, 0.6) is 0 Å². The van der Waals surface area contributed by atoms with Crippen LogP contribution in [-0.2, 0) is 0 Å². The first-order valence-electron chi connectivity index (χ1n) is 8.30. The molecular weight excluding hydrogens is 314 g/mol. The minimum absolute atomic E-state index is 0.0528. The van der Waals surface area contributed by atoms with E-state index in [1.165, 1.54) is 0 Å². The molecule has 1 amide bonds. The van der Waals surface area contributed by atoms with E-state index in [-0.39, 0.29) is 25.0 Å². The third-order valence-electron chi connectivity index (χ3n) is 4.58. The molecule has 4 heteroatoms. The average Bonchev–Trinajstić information content (AvgIpc) is 2.65. The second-order valence-corrected chi connectivity index (χ2v) is 6.10. The van der Waals surface area contributed by atoms with Crippen molar-refractivity contribution < 1.29 is 15.0 Å². The van der Waals surface area contributed by atoms with Crippen LogP contribution in [0.25, 0.3) is 10.8 Å². The van der Waals surface area contributed by atoms with E-state index in [0.717, 1.165) is 21.9 Å². The normalized spacial score (nSPS) is 13.3. The van der Waals surface area contributed by atoms with Crippen LogP contribution in [0.15, 0.2) is 72.8 Å². The molecule has 0 aromatic heterocycles. The largest absolute Gasteiger partial charge is 0.465 e. The van der Waals surface area contributed by atoms with Crippen molar-refractivity contribution in [2.75, 3.05) is 13.2 Å². The van der Waals surface area contributed by atoms with Crippen molar-refractivity contribution in [2.24, 2.45) is 0 Å². The van der Waals surface area contributed by atoms with Crippen molar-refractivity contribution >= 4 is 16.9 Å². The fraction of sp³-hybridized carbons (Fsp3) is 0.190. The van der Waals surface area contributed by atoms with Gasteiger partial charge in [-0.15, -0.1) is 0 Å². The molecule has 0 saturated heterocycles. The van der Waals surface area contributed by atoms with Crippen LogP contribution in [-0.4, -0.2) is 29.5 Å². The van der Waals surface area contributed by atoms with Gasteiger partial charge in [0, 0.05) is 18.4 Å². The Bertz CT molecular complexity index is 848. The number of rotatable bonds is 6. The molecule has 0 radical (unpaired) electrons. The number of hydrogen-bond acceptors (Lipinski definition) is 2. The Morgan fingerprint density at radius 2 is 1.52 bits per heavy atom. The molecule has 3 aromatic rings. The van der Waals surface area contributed by atoms with Gasteiger partial charge in [-0.3, -0.25) is 0 Å². The molecule has 0 aliphatic heterocycles. The number of aliphatic hydroxyl groups is 1. The number of aliphatic hydroxyl groups excluding tert-OH is 1. The standard InChI is InChI=1S/C21H21NO3/c23-14-20(16-7-2-1-3-8-16)19(13-22-21(24)25)18-11-10-15-6-4-5-9-17(15)12-18/h1-12,19-20,22-23H,13-14H2,(H,24,25)/t19?,20-/m1/s1. The summed E-state index contributed by atoms with van der Waals surface area (Å²) in [5.74, 6) is -0.345. The van der Waals surface area contributed by atoms with Gasteiger partial charge >= 0.3 is 6.09 Å². The number of nitrogens with one attached hydrogen (secondary N) is 1. The van der Waals surface area contributed by atoms with Gasteiger partial charge in [0.2, 0.25) is 0 Å². The number of amides is 1. The van der Waals surface area contributed by atoms with Gasteiger partial charge in [0.05, 0.1) is 6.61 Å². The molecular formula is C21H21NO3. The van der Waals surface area contributed by atoms with Crippen LogP contribution in [0.1, 0.15) is 23.0 Å². The molecule has 0 bridgehead atoms. The highest BCUT2D eigenvalue weighted by Gasteiger charge is 2.25. The molecule has 1 unspecified atom stereocenters. The molecule has 0 aliphatic carbocycles. The van der Waals surface area contributed by atoms with E-state index in [1.807, 2.05) is 66.7 Å². The number of carbonyl (C=O) groups is 1. The van der Waals surface area contributed by atoms with Crippen molar-refractivity contribution in [2.45, 2.75) is 11.8 Å². The molecule has 0 aliphatic rings. The molecule has 4 nitrogen and oxygen atoms in total. The first kappa shape index (κ1) is 17.0. The summed E-state index contributed by atoms with van der Waals surface area (Å²) >= 11 is 0. The summed E-state index contributed by atoms with van der Waals surface area (Å²) in [5, 5.41) is 23.8. The number of benzene rings is 3. The van der Waals surface area contributed by atoms with Crippen molar-refractivity contribution in [3.8, 4) is 0 Å². The summed E-state index contributed by atoms with van der Waals surface area (Å²) in [5.41, 5.74) is 2.01. The average molecular weight is 335 g/mol. The molecule has 0 heterocycles. The van der Waals surface area contributed by atoms with Gasteiger partial charge in [-0.2, -0.15) is 0 Å². The Labute approximate surface area is 146 Å². The van der Waals surface area contributed by atoms with E-state index in [1.54, 1.807) is 0 Å². The van der Waals surface area contributed by atoms with Crippen molar-refractivity contribution in [1.82, 2.24) is 5.32 Å². The maximum Gasteiger partial charge on any atom is 0.404 e. The molecule has 3 rings (SSSR count). The lowest BCUT2D eigenvalue weighted by Gasteiger charge is -2.27. The van der Waals surface area contributed by atoms with Crippen LogP contribution < -0.4 is 5.32 Å². The van der Waals surface area contributed by atoms with Gasteiger partial charge in [-0.05, 0) is 21.9 Å². The Balaban J connectivity index is 2.01. The summed E-state index contributed by atoms with van der Waals surface area (Å²) in [4.78, 5) is 11.0. The van der Waals surface area contributed by atoms with Crippen molar-refractivity contribution in [3.05, 3.63) is 83.9 Å².